The van der Waals surface area contributed by atoms with Crippen LogP contribution in [0.5, 0.6) is 0 Å². The van der Waals surface area contributed by atoms with Gasteiger partial charge in [0.1, 0.15) is 5.92 Å². The van der Waals surface area contributed by atoms with E-state index in [0.29, 0.717) is 5.69 Å². The van der Waals surface area contributed by atoms with Crippen LogP contribution in [-0.2, 0) is 18.3 Å². The Balaban J connectivity index is 2.26. The van der Waals surface area contributed by atoms with Gasteiger partial charge in [-0.05, 0) is 12.0 Å². The Morgan fingerprint density at radius 2 is 2.10 bits per heavy atom. The van der Waals surface area contributed by atoms with E-state index in [4.69, 9.17) is 18.0 Å². The average Bonchev–Trinajstić information content (AvgIpc) is 2.79. The second-order valence-corrected chi connectivity index (χ2v) is 5.22. The number of nitrogens with one attached hydrogen (secondary N) is 1. The zero-order valence-electron chi connectivity index (χ0n) is 12.0. The molecule has 1 unspecified atom stereocenters. The van der Waals surface area contributed by atoms with Gasteiger partial charge in [-0.2, -0.15) is 5.10 Å². The first-order chi connectivity index (χ1) is 10.0. The number of benzene rings is 1. The third kappa shape index (κ3) is 3.46. The predicted octanol–water partition coefficient (Wildman–Crippen LogP) is 1.99. The molecule has 0 aliphatic rings. The molecule has 1 aromatic carbocycles. The summed E-state index contributed by atoms with van der Waals surface area (Å²) in [5.41, 5.74) is 8.06. The first-order valence-corrected chi connectivity index (χ1v) is 7.11. The molecule has 0 radical (unpaired) electrons. The summed E-state index contributed by atoms with van der Waals surface area (Å²) < 4.78 is 1.67. The summed E-state index contributed by atoms with van der Waals surface area (Å²) in [6.07, 6.45) is 2.51. The van der Waals surface area contributed by atoms with Crippen LogP contribution in [-0.4, -0.2) is 20.7 Å². The quantitative estimate of drug-likeness (QED) is 0.829. The Morgan fingerprint density at radius 3 is 2.67 bits per heavy atom. The summed E-state index contributed by atoms with van der Waals surface area (Å²) in [5.74, 6) is -0.887. The third-order valence-electron chi connectivity index (χ3n) is 3.18. The number of anilines is 1. The number of rotatable bonds is 5. The molecule has 110 valence electrons. The minimum absolute atomic E-state index is 0.153. The van der Waals surface area contributed by atoms with Gasteiger partial charge in [0.05, 0.1) is 16.4 Å². The molecule has 2 aromatic rings. The fraction of sp³-hybridized carbons (Fsp3) is 0.267. The van der Waals surface area contributed by atoms with Crippen molar-refractivity contribution in [2.45, 2.75) is 19.3 Å². The predicted molar refractivity (Wildman–Crippen MR) is 87.2 cm³/mol. The first kappa shape index (κ1) is 15.2. The van der Waals surface area contributed by atoms with Gasteiger partial charge in [0, 0.05) is 13.2 Å². The van der Waals surface area contributed by atoms with E-state index >= 15 is 0 Å². The lowest BCUT2D eigenvalue weighted by Gasteiger charge is -2.15. The number of hydrogen-bond acceptors (Lipinski definition) is 3. The van der Waals surface area contributed by atoms with Crippen LogP contribution in [0.4, 0.5) is 5.69 Å². The maximum atomic E-state index is 12.5. The number of carbonyl (C=O) groups is 1. The molecule has 0 fully saturated rings. The molecule has 0 saturated carbocycles. The van der Waals surface area contributed by atoms with E-state index in [0.717, 1.165) is 17.7 Å². The smallest absolute Gasteiger partial charge is 0.238 e. The lowest BCUT2D eigenvalue weighted by atomic mass is 9.98. The minimum atomic E-state index is -0.647. The Labute approximate surface area is 129 Å². The standard InChI is InChI=1S/C15H18N4OS/c1-3-11-12(9-19(2)18-11)17-15(20)13(14(16)21)10-7-5-4-6-8-10/h4-9,13H,3H2,1-2H3,(H2,16,21)(H,17,20). The number of carbonyl (C=O) groups excluding carboxylic acids is 1. The normalized spacial score (nSPS) is 11.9. The van der Waals surface area contributed by atoms with Gasteiger partial charge in [-0.15, -0.1) is 0 Å². The summed E-state index contributed by atoms with van der Waals surface area (Å²) in [7, 11) is 1.82. The Morgan fingerprint density at radius 1 is 1.43 bits per heavy atom. The van der Waals surface area contributed by atoms with Crippen LogP contribution in [0.15, 0.2) is 36.5 Å². The number of aromatic nitrogens is 2. The monoisotopic (exact) mass is 302 g/mol. The van der Waals surface area contributed by atoms with Gasteiger partial charge in [-0.25, -0.2) is 0 Å². The highest BCUT2D eigenvalue weighted by Gasteiger charge is 2.24. The first-order valence-electron chi connectivity index (χ1n) is 6.70. The largest absolute Gasteiger partial charge is 0.392 e. The molecular weight excluding hydrogens is 284 g/mol. The zero-order chi connectivity index (χ0) is 15.4. The van der Waals surface area contributed by atoms with Crippen molar-refractivity contribution in [1.29, 1.82) is 0 Å². The second kappa shape index (κ2) is 6.49. The molecule has 6 heteroatoms. The van der Waals surface area contributed by atoms with Crippen LogP contribution in [0.25, 0.3) is 0 Å². The van der Waals surface area contributed by atoms with E-state index in [1.807, 2.05) is 44.3 Å². The van der Waals surface area contributed by atoms with Crippen molar-refractivity contribution in [3.8, 4) is 0 Å². The van der Waals surface area contributed by atoms with Crippen LogP contribution in [0.3, 0.4) is 0 Å². The fourth-order valence-corrected chi connectivity index (χ4v) is 2.44. The highest BCUT2D eigenvalue weighted by atomic mass is 32.1. The zero-order valence-corrected chi connectivity index (χ0v) is 12.9. The highest BCUT2D eigenvalue weighted by molar-refractivity contribution is 7.80. The van der Waals surface area contributed by atoms with E-state index in [1.54, 1.807) is 10.9 Å². The van der Waals surface area contributed by atoms with E-state index in [9.17, 15) is 4.79 Å². The van der Waals surface area contributed by atoms with Crippen LogP contribution >= 0.6 is 12.2 Å². The fourth-order valence-electron chi connectivity index (χ4n) is 2.20. The number of aryl methyl sites for hydroxylation is 2. The van der Waals surface area contributed by atoms with Crippen LogP contribution < -0.4 is 11.1 Å². The molecular formula is C15H18N4OS. The van der Waals surface area contributed by atoms with Crippen molar-refractivity contribution < 1.29 is 4.79 Å². The number of amides is 1. The molecule has 0 spiro atoms. The highest BCUT2D eigenvalue weighted by Crippen LogP contribution is 2.20. The van der Waals surface area contributed by atoms with Crippen molar-refractivity contribution >= 4 is 28.8 Å². The van der Waals surface area contributed by atoms with Crippen molar-refractivity contribution in [3.05, 3.63) is 47.8 Å². The third-order valence-corrected chi connectivity index (χ3v) is 3.41. The molecule has 1 aromatic heterocycles. The van der Waals surface area contributed by atoms with Crippen molar-refractivity contribution in [2.24, 2.45) is 12.8 Å². The van der Waals surface area contributed by atoms with Crippen LogP contribution in [0.1, 0.15) is 24.1 Å². The molecule has 2 rings (SSSR count). The molecule has 1 heterocycles. The summed E-state index contributed by atoms with van der Waals surface area (Å²) in [6.45, 7) is 1.99. The van der Waals surface area contributed by atoms with E-state index in [1.165, 1.54) is 0 Å². The van der Waals surface area contributed by atoms with Crippen LogP contribution in [0.2, 0.25) is 0 Å². The summed E-state index contributed by atoms with van der Waals surface area (Å²) in [5, 5.41) is 7.17. The molecule has 0 aliphatic heterocycles. The van der Waals surface area contributed by atoms with Crippen LogP contribution in [0, 0.1) is 0 Å². The van der Waals surface area contributed by atoms with Gasteiger partial charge >= 0.3 is 0 Å². The molecule has 0 aliphatic carbocycles. The van der Waals surface area contributed by atoms with Gasteiger partial charge in [0.25, 0.3) is 0 Å². The number of thiocarbonyl (C=S) groups is 1. The number of hydrogen-bond donors (Lipinski definition) is 2. The number of nitrogens with zero attached hydrogens (tertiary/aromatic N) is 2. The molecule has 21 heavy (non-hydrogen) atoms. The van der Waals surface area contributed by atoms with Crippen molar-refractivity contribution in [2.75, 3.05) is 5.32 Å². The minimum Gasteiger partial charge on any atom is -0.392 e. The molecule has 3 N–H and O–H groups in total. The Bertz CT molecular complexity index is 651. The lowest BCUT2D eigenvalue weighted by molar-refractivity contribution is -0.116. The average molecular weight is 302 g/mol. The molecule has 0 saturated heterocycles. The maximum absolute atomic E-state index is 12.5. The maximum Gasteiger partial charge on any atom is 0.238 e. The second-order valence-electron chi connectivity index (χ2n) is 4.75. The SMILES string of the molecule is CCc1nn(C)cc1NC(=O)C(C(N)=S)c1ccccc1. The van der Waals surface area contributed by atoms with Gasteiger partial charge in [-0.1, -0.05) is 49.5 Å². The van der Waals surface area contributed by atoms with E-state index < -0.39 is 5.92 Å². The summed E-state index contributed by atoms with van der Waals surface area (Å²) >= 11 is 5.05. The van der Waals surface area contributed by atoms with Gasteiger partial charge in [0.15, 0.2) is 0 Å². The summed E-state index contributed by atoms with van der Waals surface area (Å²) in [4.78, 5) is 12.7. The van der Waals surface area contributed by atoms with E-state index in [-0.39, 0.29) is 10.9 Å². The molecule has 0 bridgehead atoms. The van der Waals surface area contributed by atoms with Crippen molar-refractivity contribution in [3.63, 3.8) is 0 Å². The van der Waals surface area contributed by atoms with Gasteiger partial charge in [-0.3, -0.25) is 9.48 Å². The Hall–Kier alpha value is -2.21. The molecule has 1 atom stereocenters. The summed E-state index contributed by atoms with van der Waals surface area (Å²) in [6, 6.07) is 9.28. The molecule has 5 nitrogen and oxygen atoms in total. The topological polar surface area (TPSA) is 72.9 Å². The van der Waals surface area contributed by atoms with Crippen molar-refractivity contribution in [1.82, 2.24) is 9.78 Å². The van der Waals surface area contributed by atoms with E-state index in [2.05, 4.69) is 10.4 Å². The van der Waals surface area contributed by atoms with Gasteiger partial charge in [0.2, 0.25) is 5.91 Å². The van der Waals surface area contributed by atoms with Gasteiger partial charge < -0.3 is 11.1 Å². The number of nitrogens with two attached hydrogens (primary N) is 1. The Kier molecular flexibility index (Phi) is 4.70. The lowest BCUT2D eigenvalue weighted by Crippen LogP contribution is -2.31. The molecule has 1 amide bonds.